The molecule has 0 saturated carbocycles. The summed E-state index contributed by atoms with van der Waals surface area (Å²) >= 11 is 0. The fraction of sp³-hybridized carbons (Fsp3) is 0. The largest absolute Gasteiger partial charge is 0.507 e. The number of carbonyl (C=O) groups is 2. The molecule has 98 valence electrons. The van der Waals surface area contributed by atoms with E-state index in [0.29, 0.717) is 0 Å². The molecule has 0 saturated heterocycles. The Labute approximate surface area is 106 Å². The number of aromatic carboxylic acids is 2. The Bertz CT molecular complexity index is 677. The van der Waals surface area contributed by atoms with E-state index >= 15 is 0 Å². The molecule has 1 aromatic heterocycles. The van der Waals surface area contributed by atoms with Crippen molar-refractivity contribution < 1.29 is 24.9 Å². The molecular weight excluding hydrogens is 254 g/mol. The number of anilines is 1. The monoisotopic (exact) mass is 263 g/mol. The van der Waals surface area contributed by atoms with Crippen molar-refractivity contribution in [3.63, 3.8) is 0 Å². The predicted octanol–water partition coefficient (Wildman–Crippen LogP) is 0.557. The zero-order valence-electron chi connectivity index (χ0n) is 9.44. The second-order valence-electron chi connectivity index (χ2n) is 3.67. The molecule has 8 nitrogen and oxygen atoms in total. The van der Waals surface area contributed by atoms with E-state index < -0.39 is 17.7 Å². The van der Waals surface area contributed by atoms with Gasteiger partial charge in [-0.1, -0.05) is 0 Å². The number of phenols is 1. The summed E-state index contributed by atoms with van der Waals surface area (Å²) in [6.45, 7) is 0. The third-order valence-corrected chi connectivity index (χ3v) is 2.49. The van der Waals surface area contributed by atoms with Gasteiger partial charge in [0.2, 0.25) is 0 Å². The van der Waals surface area contributed by atoms with Crippen molar-refractivity contribution in [3.8, 4) is 11.4 Å². The van der Waals surface area contributed by atoms with Gasteiger partial charge in [0.15, 0.2) is 0 Å². The average Bonchev–Trinajstić information content (AvgIpc) is 2.71. The molecule has 0 radical (unpaired) electrons. The van der Waals surface area contributed by atoms with Crippen LogP contribution in [0.3, 0.4) is 0 Å². The lowest BCUT2D eigenvalue weighted by Crippen LogP contribution is -2.07. The van der Waals surface area contributed by atoms with Crippen LogP contribution in [0.1, 0.15) is 20.7 Å². The summed E-state index contributed by atoms with van der Waals surface area (Å²) in [5.74, 6) is -3.08. The summed E-state index contributed by atoms with van der Waals surface area (Å²) in [5, 5.41) is 30.9. The highest BCUT2D eigenvalue weighted by Crippen LogP contribution is 2.23. The maximum atomic E-state index is 10.9. The molecule has 0 aliphatic heterocycles. The number of carboxylic acid groups (broad SMARTS) is 2. The summed E-state index contributed by atoms with van der Waals surface area (Å²) < 4.78 is 1.08. The van der Waals surface area contributed by atoms with E-state index in [1.807, 2.05) is 0 Å². The molecule has 2 aromatic rings. The molecule has 0 bridgehead atoms. The molecule has 1 aromatic carbocycles. The van der Waals surface area contributed by atoms with Crippen molar-refractivity contribution in [3.05, 3.63) is 35.5 Å². The molecule has 0 unspecified atom stereocenters. The van der Waals surface area contributed by atoms with Crippen LogP contribution in [0.25, 0.3) is 5.69 Å². The maximum Gasteiger partial charge on any atom is 0.341 e. The van der Waals surface area contributed by atoms with Crippen molar-refractivity contribution in [2.24, 2.45) is 0 Å². The lowest BCUT2D eigenvalue weighted by Gasteiger charge is -2.06. The van der Waals surface area contributed by atoms with Crippen molar-refractivity contribution in [1.29, 1.82) is 0 Å². The van der Waals surface area contributed by atoms with Crippen molar-refractivity contribution in [1.82, 2.24) is 9.78 Å². The molecular formula is C11H9N3O5. The highest BCUT2D eigenvalue weighted by atomic mass is 16.4. The van der Waals surface area contributed by atoms with Crippen LogP contribution in [0.15, 0.2) is 24.4 Å². The first-order chi connectivity index (χ1) is 8.91. The molecule has 0 fully saturated rings. The average molecular weight is 263 g/mol. The Morgan fingerprint density at radius 1 is 1.16 bits per heavy atom. The fourth-order valence-corrected chi connectivity index (χ4v) is 1.56. The van der Waals surface area contributed by atoms with Crippen LogP contribution in [-0.2, 0) is 0 Å². The first-order valence-corrected chi connectivity index (χ1v) is 5.05. The van der Waals surface area contributed by atoms with Gasteiger partial charge in [0.25, 0.3) is 0 Å². The van der Waals surface area contributed by atoms with Gasteiger partial charge in [-0.2, -0.15) is 5.10 Å². The van der Waals surface area contributed by atoms with Gasteiger partial charge in [0.05, 0.1) is 11.9 Å². The Kier molecular flexibility index (Phi) is 2.83. The number of aromatic nitrogens is 2. The van der Waals surface area contributed by atoms with Crippen LogP contribution in [0.2, 0.25) is 0 Å². The second kappa shape index (κ2) is 4.33. The quantitative estimate of drug-likeness (QED) is 0.634. The first-order valence-electron chi connectivity index (χ1n) is 5.05. The number of hydrogen-bond donors (Lipinski definition) is 4. The number of rotatable bonds is 3. The third kappa shape index (κ3) is 2.06. The highest BCUT2D eigenvalue weighted by molar-refractivity contribution is 5.93. The van der Waals surface area contributed by atoms with E-state index in [-0.39, 0.29) is 22.6 Å². The smallest absolute Gasteiger partial charge is 0.341 e. The number of nitrogens with two attached hydrogens (primary N) is 1. The number of benzene rings is 1. The van der Waals surface area contributed by atoms with Gasteiger partial charge in [0, 0.05) is 0 Å². The molecule has 8 heteroatoms. The number of carboxylic acids is 2. The van der Waals surface area contributed by atoms with E-state index in [0.717, 1.165) is 16.9 Å². The number of nitrogens with zero attached hydrogens (tertiary/aromatic N) is 2. The number of aromatic hydroxyl groups is 1. The first kappa shape index (κ1) is 12.4. The standard InChI is InChI=1S/C11H9N3O5/c12-9-7(11(18)19)4-13-14(9)5-1-2-8(15)6(3-5)10(16)17/h1-4,15H,12H2,(H,16,17)(H,18,19). The summed E-state index contributed by atoms with van der Waals surface area (Å²) in [4.78, 5) is 21.7. The van der Waals surface area contributed by atoms with E-state index in [1.54, 1.807) is 0 Å². The van der Waals surface area contributed by atoms with Crippen LogP contribution in [0.4, 0.5) is 5.82 Å². The van der Waals surface area contributed by atoms with E-state index in [2.05, 4.69) is 5.10 Å². The topological polar surface area (TPSA) is 139 Å². The van der Waals surface area contributed by atoms with E-state index in [4.69, 9.17) is 15.9 Å². The van der Waals surface area contributed by atoms with Crippen molar-refractivity contribution in [2.75, 3.05) is 5.73 Å². The Morgan fingerprint density at radius 3 is 2.32 bits per heavy atom. The minimum absolute atomic E-state index is 0.130. The molecule has 0 atom stereocenters. The molecule has 0 amide bonds. The van der Waals surface area contributed by atoms with Crippen LogP contribution in [0, 0.1) is 0 Å². The van der Waals surface area contributed by atoms with Gasteiger partial charge in [-0.15, -0.1) is 0 Å². The minimum atomic E-state index is -1.32. The normalized spacial score (nSPS) is 10.3. The van der Waals surface area contributed by atoms with Crippen LogP contribution in [-0.4, -0.2) is 37.0 Å². The molecule has 0 aliphatic rings. The zero-order valence-corrected chi connectivity index (χ0v) is 9.44. The van der Waals surface area contributed by atoms with Crippen molar-refractivity contribution >= 4 is 17.8 Å². The molecule has 2 rings (SSSR count). The maximum absolute atomic E-state index is 10.9. The van der Waals surface area contributed by atoms with Gasteiger partial charge in [-0.05, 0) is 18.2 Å². The van der Waals surface area contributed by atoms with Gasteiger partial charge < -0.3 is 21.1 Å². The minimum Gasteiger partial charge on any atom is -0.507 e. The lowest BCUT2D eigenvalue weighted by atomic mass is 10.2. The highest BCUT2D eigenvalue weighted by Gasteiger charge is 2.17. The predicted molar refractivity (Wildman–Crippen MR) is 63.6 cm³/mol. The Hall–Kier alpha value is -3.03. The molecule has 0 spiro atoms. The van der Waals surface area contributed by atoms with E-state index in [1.165, 1.54) is 12.1 Å². The summed E-state index contributed by atoms with van der Waals surface area (Å²) in [6, 6.07) is 3.68. The van der Waals surface area contributed by atoms with Crippen LogP contribution in [0.5, 0.6) is 5.75 Å². The van der Waals surface area contributed by atoms with Crippen molar-refractivity contribution in [2.45, 2.75) is 0 Å². The Morgan fingerprint density at radius 2 is 1.79 bits per heavy atom. The second-order valence-corrected chi connectivity index (χ2v) is 3.67. The van der Waals surface area contributed by atoms with Gasteiger partial charge in [-0.3, -0.25) is 0 Å². The van der Waals surface area contributed by atoms with Crippen LogP contribution >= 0.6 is 0 Å². The van der Waals surface area contributed by atoms with Crippen LogP contribution < -0.4 is 5.73 Å². The molecule has 5 N–H and O–H groups in total. The zero-order chi connectivity index (χ0) is 14.2. The SMILES string of the molecule is Nc1c(C(=O)O)cnn1-c1ccc(O)c(C(=O)O)c1. The summed E-state index contributed by atoms with van der Waals surface area (Å²) in [5.41, 5.74) is 5.33. The van der Waals surface area contributed by atoms with E-state index in [9.17, 15) is 14.7 Å². The number of hydrogen-bond acceptors (Lipinski definition) is 5. The van der Waals surface area contributed by atoms with Gasteiger partial charge in [-0.25, -0.2) is 14.3 Å². The summed E-state index contributed by atoms with van der Waals surface area (Å²) in [6.07, 6.45) is 1.06. The third-order valence-electron chi connectivity index (χ3n) is 2.49. The lowest BCUT2D eigenvalue weighted by molar-refractivity contribution is 0.0684. The molecule has 1 heterocycles. The summed E-state index contributed by atoms with van der Waals surface area (Å²) in [7, 11) is 0. The number of nitrogen functional groups attached to an aromatic ring is 1. The molecule has 0 aliphatic carbocycles. The van der Waals surface area contributed by atoms with Gasteiger partial charge >= 0.3 is 11.9 Å². The fourth-order valence-electron chi connectivity index (χ4n) is 1.56. The molecule has 19 heavy (non-hydrogen) atoms. The van der Waals surface area contributed by atoms with Gasteiger partial charge in [0.1, 0.15) is 22.7 Å². The Balaban J connectivity index is 2.57.